The molecule has 68 valence electrons. The Bertz CT molecular complexity index is 231. The Balaban J connectivity index is 2.21. The molecule has 3 aliphatic rings. The van der Waals surface area contributed by atoms with E-state index in [1.807, 2.05) is 7.05 Å². The molecule has 2 bridgehead atoms. The second kappa shape index (κ2) is 2.02. The number of likely N-dealkylation sites (N-methyl/N-ethyl adjacent to an activating group) is 1. The lowest BCUT2D eigenvalue weighted by atomic mass is 9.63. The third kappa shape index (κ3) is 0.724. The van der Waals surface area contributed by atoms with Gasteiger partial charge in [-0.1, -0.05) is 6.92 Å². The average Bonchev–Trinajstić information content (AvgIpc) is 2.34. The highest BCUT2D eigenvalue weighted by atomic mass is 16.5. The van der Waals surface area contributed by atoms with E-state index in [0.717, 1.165) is 19.4 Å². The van der Waals surface area contributed by atoms with Crippen LogP contribution in [-0.2, 0) is 9.53 Å². The Kier molecular flexibility index (Phi) is 1.35. The summed E-state index contributed by atoms with van der Waals surface area (Å²) in [7, 11) is 3.48. The lowest BCUT2D eigenvalue weighted by Crippen LogP contribution is -2.54. The van der Waals surface area contributed by atoms with Gasteiger partial charge in [0.2, 0.25) is 0 Å². The highest BCUT2D eigenvalue weighted by molar-refractivity contribution is 5.83. The number of fused-ring (bicyclic) bond motifs is 1. The van der Waals surface area contributed by atoms with Crippen LogP contribution in [0.25, 0.3) is 0 Å². The summed E-state index contributed by atoms with van der Waals surface area (Å²) in [5.74, 6) is -0.0556. The zero-order valence-electron chi connectivity index (χ0n) is 7.89. The molecule has 3 heteroatoms. The Hall–Kier alpha value is -0.570. The first-order valence-electron chi connectivity index (χ1n) is 4.32. The van der Waals surface area contributed by atoms with Gasteiger partial charge < -0.3 is 4.74 Å². The maximum Gasteiger partial charge on any atom is 0.326 e. The smallest absolute Gasteiger partial charge is 0.326 e. The predicted molar refractivity (Wildman–Crippen MR) is 44.7 cm³/mol. The van der Waals surface area contributed by atoms with E-state index in [1.54, 1.807) is 0 Å². The van der Waals surface area contributed by atoms with E-state index in [9.17, 15) is 4.79 Å². The summed E-state index contributed by atoms with van der Waals surface area (Å²) < 4.78 is 4.81. The van der Waals surface area contributed by atoms with Crippen molar-refractivity contribution in [2.75, 3.05) is 20.7 Å². The zero-order valence-corrected chi connectivity index (χ0v) is 7.89. The molecule has 0 amide bonds. The summed E-state index contributed by atoms with van der Waals surface area (Å²) >= 11 is 0. The summed E-state index contributed by atoms with van der Waals surface area (Å²) in [5.41, 5.74) is 0.118. The van der Waals surface area contributed by atoms with Crippen LogP contribution in [0.2, 0.25) is 0 Å². The van der Waals surface area contributed by atoms with Crippen LogP contribution in [0.1, 0.15) is 19.8 Å². The van der Waals surface area contributed by atoms with Crippen LogP contribution >= 0.6 is 0 Å². The molecule has 3 nitrogen and oxygen atoms in total. The molecule has 0 aromatic heterocycles. The van der Waals surface area contributed by atoms with Gasteiger partial charge in [0, 0.05) is 6.54 Å². The second-order valence-corrected chi connectivity index (χ2v) is 4.54. The summed E-state index contributed by atoms with van der Waals surface area (Å²) in [6.07, 6.45) is 1.95. The SMILES string of the molecule is COC(=O)C12CC(C)(CN1C)C2. The van der Waals surface area contributed by atoms with Crippen molar-refractivity contribution in [3.05, 3.63) is 0 Å². The van der Waals surface area contributed by atoms with Crippen molar-refractivity contribution in [2.45, 2.75) is 25.3 Å². The Morgan fingerprint density at radius 2 is 2.08 bits per heavy atom. The molecule has 1 aliphatic carbocycles. The molecule has 2 aliphatic heterocycles. The fraction of sp³-hybridized carbons (Fsp3) is 0.889. The van der Waals surface area contributed by atoms with Crippen molar-refractivity contribution in [3.8, 4) is 0 Å². The number of methoxy groups -OCH3 is 1. The van der Waals surface area contributed by atoms with Gasteiger partial charge in [-0.15, -0.1) is 0 Å². The van der Waals surface area contributed by atoms with Crippen molar-refractivity contribution in [3.63, 3.8) is 0 Å². The van der Waals surface area contributed by atoms with E-state index in [1.165, 1.54) is 7.11 Å². The Labute approximate surface area is 72.7 Å². The van der Waals surface area contributed by atoms with Crippen LogP contribution in [-0.4, -0.2) is 37.1 Å². The van der Waals surface area contributed by atoms with Crippen LogP contribution in [0.15, 0.2) is 0 Å². The lowest BCUT2D eigenvalue weighted by molar-refractivity contribution is -0.157. The molecule has 1 saturated carbocycles. The molecule has 0 aromatic carbocycles. The maximum atomic E-state index is 11.5. The fourth-order valence-electron chi connectivity index (χ4n) is 2.96. The number of ether oxygens (including phenoxy) is 1. The van der Waals surface area contributed by atoms with E-state index >= 15 is 0 Å². The van der Waals surface area contributed by atoms with Gasteiger partial charge in [0.1, 0.15) is 5.54 Å². The third-order valence-electron chi connectivity index (χ3n) is 3.35. The first-order valence-corrected chi connectivity index (χ1v) is 4.32. The molecule has 0 atom stereocenters. The van der Waals surface area contributed by atoms with Crippen LogP contribution in [0.4, 0.5) is 0 Å². The minimum atomic E-state index is -0.260. The molecule has 0 spiro atoms. The molecule has 0 aromatic rings. The summed E-state index contributed by atoms with van der Waals surface area (Å²) in [5, 5.41) is 0. The molecule has 0 radical (unpaired) electrons. The number of rotatable bonds is 1. The van der Waals surface area contributed by atoms with Crippen molar-refractivity contribution < 1.29 is 9.53 Å². The van der Waals surface area contributed by atoms with E-state index in [-0.39, 0.29) is 11.5 Å². The van der Waals surface area contributed by atoms with Gasteiger partial charge >= 0.3 is 5.97 Å². The van der Waals surface area contributed by atoms with Crippen LogP contribution in [0, 0.1) is 5.41 Å². The Morgan fingerprint density at radius 1 is 1.50 bits per heavy atom. The number of carbonyl (C=O) groups excluding carboxylic acids is 1. The number of hydrogen-bond donors (Lipinski definition) is 0. The van der Waals surface area contributed by atoms with Gasteiger partial charge in [-0.25, -0.2) is 0 Å². The third-order valence-corrected chi connectivity index (χ3v) is 3.35. The van der Waals surface area contributed by atoms with E-state index in [4.69, 9.17) is 4.74 Å². The molecule has 0 N–H and O–H groups in total. The van der Waals surface area contributed by atoms with Gasteiger partial charge in [0.05, 0.1) is 7.11 Å². The monoisotopic (exact) mass is 169 g/mol. The van der Waals surface area contributed by atoms with Gasteiger partial charge in [-0.2, -0.15) is 0 Å². The molecular formula is C9H15NO2. The van der Waals surface area contributed by atoms with Crippen LogP contribution in [0.5, 0.6) is 0 Å². The number of hydrogen-bond acceptors (Lipinski definition) is 3. The summed E-state index contributed by atoms with van der Waals surface area (Å²) in [6.45, 7) is 3.26. The van der Waals surface area contributed by atoms with Crippen molar-refractivity contribution in [1.29, 1.82) is 0 Å². The van der Waals surface area contributed by atoms with Crippen molar-refractivity contribution in [2.24, 2.45) is 5.41 Å². The summed E-state index contributed by atoms with van der Waals surface area (Å²) in [6, 6.07) is 0. The Morgan fingerprint density at radius 3 is 2.42 bits per heavy atom. The minimum Gasteiger partial charge on any atom is -0.468 e. The highest BCUT2D eigenvalue weighted by Gasteiger charge is 2.66. The quantitative estimate of drug-likeness (QED) is 0.540. The molecule has 3 fully saturated rings. The standard InChI is InChI=1S/C9H15NO2/c1-8-4-9(5-8,7(11)12-3)10(2)6-8/h4-6H2,1-3H3. The number of esters is 1. The topological polar surface area (TPSA) is 29.5 Å². The molecule has 2 heterocycles. The zero-order chi connectivity index (χ0) is 8.98. The fourth-order valence-corrected chi connectivity index (χ4v) is 2.96. The van der Waals surface area contributed by atoms with Crippen LogP contribution < -0.4 is 0 Å². The average molecular weight is 169 g/mol. The highest BCUT2D eigenvalue weighted by Crippen LogP contribution is 2.58. The largest absolute Gasteiger partial charge is 0.468 e. The summed E-state index contributed by atoms with van der Waals surface area (Å²) in [4.78, 5) is 13.6. The van der Waals surface area contributed by atoms with E-state index in [0.29, 0.717) is 5.41 Å². The maximum absolute atomic E-state index is 11.5. The first-order chi connectivity index (χ1) is 5.52. The minimum absolute atomic E-state index is 0.0556. The molecular weight excluding hydrogens is 154 g/mol. The van der Waals surface area contributed by atoms with E-state index in [2.05, 4.69) is 11.8 Å². The van der Waals surface area contributed by atoms with Gasteiger partial charge in [0.25, 0.3) is 0 Å². The molecule has 3 rings (SSSR count). The van der Waals surface area contributed by atoms with Crippen molar-refractivity contribution >= 4 is 5.97 Å². The van der Waals surface area contributed by atoms with Gasteiger partial charge in [0.15, 0.2) is 0 Å². The normalized spacial score (nSPS) is 45.6. The van der Waals surface area contributed by atoms with Gasteiger partial charge in [-0.05, 0) is 25.3 Å². The van der Waals surface area contributed by atoms with Crippen LogP contribution in [0.3, 0.4) is 0 Å². The van der Waals surface area contributed by atoms with Crippen molar-refractivity contribution in [1.82, 2.24) is 4.90 Å². The lowest BCUT2D eigenvalue weighted by Gasteiger charge is -2.43. The molecule has 12 heavy (non-hydrogen) atoms. The molecule has 2 saturated heterocycles. The first kappa shape index (κ1) is 8.05. The number of nitrogens with zero attached hydrogens (tertiary/aromatic N) is 1. The molecule has 0 unspecified atom stereocenters. The second-order valence-electron chi connectivity index (χ2n) is 4.54. The van der Waals surface area contributed by atoms with Gasteiger partial charge in [-0.3, -0.25) is 9.69 Å². The van der Waals surface area contributed by atoms with E-state index < -0.39 is 0 Å². The predicted octanol–water partition coefficient (Wildman–Crippen LogP) is 0.644. The number of carbonyl (C=O) groups is 1.